The van der Waals surface area contributed by atoms with Crippen molar-refractivity contribution in [2.24, 2.45) is 5.73 Å². The standard InChI is InChI=1S/C14H13BrFNS/c15-13-3-1-2-4-14(13)18-9-10-5-6-12(16)7-11(10)8-17/h1-7H,8-9,17H2. The Morgan fingerprint density at radius 3 is 2.61 bits per heavy atom. The highest BCUT2D eigenvalue weighted by Gasteiger charge is 2.05. The Labute approximate surface area is 119 Å². The van der Waals surface area contributed by atoms with Crippen molar-refractivity contribution < 1.29 is 4.39 Å². The molecule has 0 aliphatic rings. The third kappa shape index (κ3) is 3.34. The van der Waals surface area contributed by atoms with E-state index in [2.05, 4.69) is 22.0 Å². The minimum absolute atomic E-state index is 0.231. The topological polar surface area (TPSA) is 26.0 Å². The van der Waals surface area contributed by atoms with Crippen LogP contribution in [0.5, 0.6) is 0 Å². The highest BCUT2D eigenvalue weighted by molar-refractivity contribution is 9.10. The Morgan fingerprint density at radius 2 is 1.89 bits per heavy atom. The molecular formula is C14H13BrFNS. The summed E-state index contributed by atoms with van der Waals surface area (Å²) in [6.07, 6.45) is 0. The van der Waals surface area contributed by atoms with Crippen molar-refractivity contribution in [3.05, 3.63) is 63.9 Å². The molecule has 0 saturated heterocycles. The quantitative estimate of drug-likeness (QED) is 0.846. The van der Waals surface area contributed by atoms with Gasteiger partial charge in [0.25, 0.3) is 0 Å². The molecule has 0 aliphatic carbocycles. The van der Waals surface area contributed by atoms with Crippen LogP contribution in [0.2, 0.25) is 0 Å². The minimum Gasteiger partial charge on any atom is -0.326 e. The second kappa shape index (κ2) is 6.36. The van der Waals surface area contributed by atoms with Gasteiger partial charge in [-0.25, -0.2) is 4.39 Å². The third-order valence-corrected chi connectivity index (χ3v) is 4.68. The number of rotatable bonds is 4. The Hall–Kier alpha value is -0.840. The zero-order chi connectivity index (χ0) is 13.0. The van der Waals surface area contributed by atoms with Gasteiger partial charge in [0, 0.05) is 21.7 Å². The minimum atomic E-state index is -0.231. The van der Waals surface area contributed by atoms with Crippen molar-refractivity contribution in [2.75, 3.05) is 0 Å². The molecule has 2 aromatic rings. The molecule has 0 spiro atoms. The average molecular weight is 326 g/mol. The van der Waals surface area contributed by atoms with Gasteiger partial charge >= 0.3 is 0 Å². The van der Waals surface area contributed by atoms with Crippen LogP contribution in [-0.2, 0) is 12.3 Å². The van der Waals surface area contributed by atoms with E-state index in [9.17, 15) is 4.39 Å². The second-order valence-electron chi connectivity index (χ2n) is 3.84. The molecule has 0 bridgehead atoms. The number of nitrogens with two attached hydrogens (primary N) is 1. The molecule has 2 rings (SSSR count). The average Bonchev–Trinajstić information content (AvgIpc) is 2.39. The molecule has 0 heterocycles. The number of benzene rings is 2. The van der Waals surface area contributed by atoms with Crippen LogP contribution in [0.25, 0.3) is 0 Å². The summed E-state index contributed by atoms with van der Waals surface area (Å²) >= 11 is 5.22. The summed E-state index contributed by atoms with van der Waals surface area (Å²) in [6, 6.07) is 12.8. The smallest absolute Gasteiger partial charge is 0.123 e. The summed E-state index contributed by atoms with van der Waals surface area (Å²) in [6.45, 7) is 0.365. The molecule has 0 aliphatic heterocycles. The van der Waals surface area contributed by atoms with Crippen LogP contribution >= 0.6 is 27.7 Å². The van der Waals surface area contributed by atoms with Gasteiger partial charge in [-0.3, -0.25) is 0 Å². The van der Waals surface area contributed by atoms with E-state index in [1.807, 2.05) is 18.2 Å². The van der Waals surface area contributed by atoms with Crippen LogP contribution in [-0.4, -0.2) is 0 Å². The zero-order valence-corrected chi connectivity index (χ0v) is 12.1. The Balaban J connectivity index is 2.13. The predicted molar refractivity (Wildman–Crippen MR) is 78.0 cm³/mol. The first-order valence-corrected chi connectivity index (χ1v) is 7.33. The second-order valence-corrected chi connectivity index (χ2v) is 5.71. The molecule has 94 valence electrons. The van der Waals surface area contributed by atoms with E-state index in [4.69, 9.17) is 5.73 Å². The van der Waals surface area contributed by atoms with E-state index in [0.29, 0.717) is 6.54 Å². The van der Waals surface area contributed by atoms with E-state index in [0.717, 1.165) is 21.4 Å². The summed E-state index contributed by atoms with van der Waals surface area (Å²) in [5.74, 6) is 0.556. The van der Waals surface area contributed by atoms with Crippen LogP contribution in [0.4, 0.5) is 4.39 Å². The molecule has 0 saturated carbocycles. The Morgan fingerprint density at radius 1 is 1.11 bits per heavy atom. The lowest BCUT2D eigenvalue weighted by Crippen LogP contribution is -2.01. The molecule has 0 aromatic heterocycles. The summed E-state index contributed by atoms with van der Waals surface area (Å²) in [4.78, 5) is 1.17. The lowest BCUT2D eigenvalue weighted by atomic mass is 10.1. The summed E-state index contributed by atoms with van der Waals surface area (Å²) in [5.41, 5.74) is 7.59. The molecular weight excluding hydrogens is 313 g/mol. The van der Waals surface area contributed by atoms with Gasteiger partial charge in [-0.15, -0.1) is 11.8 Å². The van der Waals surface area contributed by atoms with E-state index in [1.54, 1.807) is 17.8 Å². The fourth-order valence-corrected chi connectivity index (χ4v) is 3.24. The first kappa shape index (κ1) is 13.6. The molecule has 0 fully saturated rings. The third-order valence-electron chi connectivity index (χ3n) is 2.61. The number of hydrogen-bond donors (Lipinski definition) is 1. The SMILES string of the molecule is NCc1cc(F)ccc1CSc1ccccc1Br. The van der Waals surface area contributed by atoms with Gasteiger partial charge in [0.1, 0.15) is 5.82 Å². The molecule has 0 amide bonds. The normalized spacial score (nSPS) is 10.6. The van der Waals surface area contributed by atoms with Crippen LogP contribution < -0.4 is 5.73 Å². The van der Waals surface area contributed by atoms with Crippen molar-refractivity contribution in [2.45, 2.75) is 17.2 Å². The molecule has 18 heavy (non-hydrogen) atoms. The van der Waals surface area contributed by atoms with Gasteiger partial charge < -0.3 is 5.73 Å². The largest absolute Gasteiger partial charge is 0.326 e. The highest BCUT2D eigenvalue weighted by atomic mass is 79.9. The van der Waals surface area contributed by atoms with Gasteiger partial charge in [0.15, 0.2) is 0 Å². The summed E-state index contributed by atoms with van der Waals surface area (Å²) in [7, 11) is 0. The Bertz CT molecular complexity index is 545. The number of thioether (sulfide) groups is 1. The summed E-state index contributed by atoms with van der Waals surface area (Å²) < 4.78 is 14.2. The molecule has 2 aromatic carbocycles. The maximum atomic E-state index is 13.1. The van der Waals surface area contributed by atoms with E-state index < -0.39 is 0 Å². The number of hydrogen-bond acceptors (Lipinski definition) is 2. The molecule has 4 heteroatoms. The van der Waals surface area contributed by atoms with Crippen LogP contribution in [0.3, 0.4) is 0 Å². The monoisotopic (exact) mass is 325 g/mol. The number of halogens is 2. The zero-order valence-electron chi connectivity index (χ0n) is 9.70. The molecule has 2 N–H and O–H groups in total. The van der Waals surface area contributed by atoms with Crippen LogP contribution in [0.15, 0.2) is 51.8 Å². The van der Waals surface area contributed by atoms with Crippen molar-refractivity contribution in [1.29, 1.82) is 0 Å². The van der Waals surface area contributed by atoms with E-state index in [1.165, 1.54) is 17.0 Å². The lowest BCUT2D eigenvalue weighted by Gasteiger charge is -2.08. The first-order valence-electron chi connectivity index (χ1n) is 5.55. The van der Waals surface area contributed by atoms with Gasteiger partial charge in [0.05, 0.1) is 0 Å². The highest BCUT2D eigenvalue weighted by Crippen LogP contribution is 2.30. The maximum absolute atomic E-state index is 13.1. The molecule has 1 nitrogen and oxygen atoms in total. The lowest BCUT2D eigenvalue weighted by molar-refractivity contribution is 0.624. The molecule has 0 atom stereocenters. The first-order chi connectivity index (χ1) is 8.70. The molecule has 0 radical (unpaired) electrons. The Kier molecular flexibility index (Phi) is 4.80. The van der Waals surface area contributed by atoms with Gasteiger partial charge in [-0.1, -0.05) is 18.2 Å². The van der Waals surface area contributed by atoms with Crippen molar-refractivity contribution in [3.8, 4) is 0 Å². The van der Waals surface area contributed by atoms with Gasteiger partial charge in [0.2, 0.25) is 0 Å². The fourth-order valence-electron chi connectivity index (χ4n) is 1.64. The van der Waals surface area contributed by atoms with Crippen molar-refractivity contribution >= 4 is 27.7 Å². The van der Waals surface area contributed by atoms with E-state index >= 15 is 0 Å². The van der Waals surface area contributed by atoms with Crippen molar-refractivity contribution in [1.82, 2.24) is 0 Å². The molecule has 0 unspecified atom stereocenters. The van der Waals surface area contributed by atoms with Crippen molar-refractivity contribution in [3.63, 3.8) is 0 Å². The van der Waals surface area contributed by atoms with Crippen LogP contribution in [0.1, 0.15) is 11.1 Å². The predicted octanol–water partition coefficient (Wildman–Crippen LogP) is 4.34. The van der Waals surface area contributed by atoms with Crippen LogP contribution in [0, 0.1) is 5.82 Å². The summed E-state index contributed by atoms with van der Waals surface area (Å²) in [5, 5.41) is 0. The van der Waals surface area contributed by atoms with Gasteiger partial charge in [-0.2, -0.15) is 0 Å². The maximum Gasteiger partial charge on any atom is 0.123 e. The fraction of sp³-hybridized carbons (Fsp3) is 0.143. The van der Waals surface area contributed by atoms with E-state index in [-0.39, 0.29) is 5.82 Å². The van der Waals surface area contributed by atoms with Gasteiger partial charge in [-0.05, 0) is 51.3 Å².